The first-order valence-electron chi connectivity index (χ1n) is 10.1. The SMILES string of the molecule is CCCCOc1ccc(NC(=O)[C@](C)(CC(C)C)OCCC)cc1C(=O)OC. The Balaban J connectivity index is 3.04. The van der Waals surface area contributed by atoms with E-state index < -0.39 is 11.6 Å². The Hall–Kier alpha value is -2.08. The number of anilines is 1. The largest absolute Gasteiger partial charge is 0.493 e. The lowest BCUT2D eigenvalue weighted by atomic mass is 9.93. The molecule has 0 aliphatic rings. The van der Waals surface area contributed by atoms with E-state index >= 15 is 0 Å². The first kappa shape index (κ1) is 24.0. The number of hydrogen-bond acceptors (Lipinski definition) is 5. The molecule has 158 valence electrons. The summed E-state index contributed by atoms with van der Waals surface area (Å²) in [6.07, 6.45) is 3.31. The van der Waals surface area contributed by atoms with Gasteiger partial charge in [-0.1, -0.05) is 34.1 Å². The summed E-state index contributed by atoms with van der Waals surface area (Å²) >= 11 is 0. The summed E-state index contributed by atoms with van der Waals surface area (Å²) in [5.41, 5.74) is -0.147. The molecule has 6 nitrogen and oxygen atoms in total. The van der Waals surface area contributed by atoms with Crippen molar-refractivity contribution < 1.29 is 23.8 Å². The second-order valence-corrected chi connectivity index (χ2v) is 7.54. The Morgan fingerprint density at radius 2 is 1.86 bits per heavy atom. The maximum Gasteiger partial charge on any atom is 0.341 e. The Bertz CT molecular complexity index is 644. The van der Waals surface area contributed by atoms with Crippen molar-refractivity contribution in [2.75, 3.05) is 25.6 Å². The van der Waals surface area contributed by atoms with Crippen LogP contribution in [0.1, 0.15) is 70.7 Å². The number of methoxy groups -OCH3 is 1. The minimum Gasteiger partial charge on any atom is -0.493 e. The molecule has 0 aromatic heterocycles. The highest BCUT2D eigenvalue weighted by Gasteiger charge is 2.35. The molecule has 0 saturated carbocycles. The summed E-state index contributed by atoms with van der Waals surface area (Å²) in [5.74, 6) is 0.0120. The van der Waals surface area contributed by atoms with Crippen LogP contribution in [0.3, 0.4) is 0 Å². The highest BCUT2D eigenvalue weighted by molar-refractivity contribution is 5.99. The second-order valence-electron chi connectivity index (χ2n) is 7.54. The lowest BCUT2D eigenvalue weighted by Crippen LogP contribution is -2.44. The highest BCUT2D eigenvalue weighted by atomic mass is 16.5. The van der Waals surface area contributed by atoms with Crippen LogP contribution in [-0.2, 0) is 14.3 Å². The fraction of sp³-hybridized carbons (Fsp3) is 0.636. The number of amides is 1. The Labute approximate surface area is 168 Å². The van der Waals surface area contributed by atoms with Crippen molar-refractivity contribution in [3.8, 4) is 5.75 Å². The standard InChI is InChI=1S/C22H35NO5/c1-7-9-13-27-19-11-10-17(14-18(19)20(24)26-6)23-21(25)22(5,15-16(3)4)28-12-8-2/h10-11,14,16H,7-9,12-13,15H2,1-6H3,(H,23,25)/t22-/m0/s1. The lowest BCUT2D eigenvalue weighted by molar-refractivity contribution is -0.141. The van der Waals surface area contributed by atoms with Gasteiger partial charge in [-0.2, -0.15) is 0 Å². The molecular formula is C22H35NO5. The van der Waals surface area contributed by atoms with Gasteiger partial charge in [0.15, 0.2) is 0 Å². The van der Waals surface area contributed by atoms with E-state index in [0.717, 1.165) is 19.3 Å². The maximum atomic E-state index is 12.9. The molecule has 0 heterocycles. The minimum absolute atomic E-state index is 0.231. The molecule has 0 fully saturated rings. The predicted octanol–water partition coefficient (Wildman–Crippen LogP) is 4.82. The van der Waals surface area contributed by atoms with E-state index in [4.69, 9.17) is 14.2 Å². The van der Waals surface area contributed by atoms with Crippen molar-refractivity contribution in [2.45, 2.75) is 65.9 Å². The number of unbranched alkanes of at least 4 members (excludes halogenated alkanes) is 1. The molecule has 1 atom stereocenters. The van der Waals surface area contributed by atoms with Crippen molar-refractivity contribution in [3.05, 3.63) is 23.8 Å². The molecule has 1 rings (SSSR count). The first-order valence-corrected chi connectivity index (χ1v) is 10.1. The fourth-order valence-corrected chi connectivity index (χ4v) is 2.92. The second kappa shape index (κ2) is 11.7. The van der Waals surface area contributed by atoms with Crippen LogP contribution in [-0.4, -0.2) is 37.8 Å². The van der Waals surface area contributed by atoms with Gasteiger partial charge < -0.3 is 19.5 Å². The van der Waals surface area contributed by atoms with Crippen LogP contribution in [0.4, 0.5) is 5.69 Å². The monoisotopic (exact) mass is 393 g/mol. The summed E-state index contributed by atoms with van der Waals surface area (Å²) in [6.45, 7) is 11.0. The van der Waals surface area contributed by atoms with Gasteiger partial charge in [0, 0.05) is 12.3 Å². The number of hydrogen-bond donors (Lipinski definition) is 1. The molecule has 28 heavy (non-hydrogen) atoms. The molecule has 0 bridgehead atoms. The topological polar surface area (TPSA) is 73.9 Å². The number of carbonyl (C=O) groups is 2. The Morgan fingerprint density at radius 1 is 1.14 bits per heavy atom. The van der Waals surface area contributed by atoms with Crippen LogP contribution in [0.2, 0.25) is 0 Å². The first-order chi connectivity index (χ1) is 13.3. The number of carbonyl (C=O) groups excluding carboxylic acids is 2. The summed E-state index contributed by atoms with van der Waals surface area (Å²) in [4.78, 5) is 25.1. The highest BCUT2D eigenvalue weighted by Crippen LogP contribution is 2.27. The maximum absolute atomic E-state index is 12.9. The normalized spacial score (nSPS) is 13.1. The van der Waals surface area contributed by atoms with Crippen molar-refractivity contribution >= 4 is 17.6 Å². The van der Waals surface area contributed by atoms with E-state index in [1.807, 2.05) is 6.92 Å². The van der Waals surface area contributed by atoms with E-state index in [0.29, 0.717) is 37.0 Å². The summed E-state index contributed by atoms with van der Waals surface area (Å²) in [5, 5.41) is 2.88. The van der Waals surface area contributed by atoms with Gasteiger partial charge in [-0.25, -0.2) is 4.79 Å². The molecule has 6 heteroatoms. The van der Waals surface area contributed by atoms with Crippen LogP contribution in [0.5, 0.6) is 5.75 Å². The third-order valence-corrected chi connectivity index (χ3v) is 4.30. The van der Waals surface area contributed by atoms with Gasteiger partial charge in [-0.3, -0.25) is 4.79 Å². The summed E-state index contributed by atoms with van der Waals surface area (Å²) < 4.78 is 16.4. The number of esters is 1. The van der Waals surface area contributed by atoms with Gasteiger partial charge in [-0.05, 0) is 50.3 Å². The number of rotatable bonds is 12. The molecule has 1 aromatic rings. The number of benzene rings is 1. The van der Waals surface area contributed by atoms with Gasteiger partial charge >= 0.3 is 5.97 Å². The quantitative estimate of drug-likeness (QED) is 0.407. The third kappa shape index (κ3) is 7.15. The van der Waals surface area contributed by atoms with Gasteiger partial charge in [0.2, 0.25) is 0 Å². The van der Waals surface area contributed by atoms with Gasteiger partial charge in [0.1, 0.15) is 16.9 Å². The van der Waals surface area contributed by atoms with Crippen LogP contribution in [0.25, 0.3) is 0 Å². The van der Waals surface area contributed by atoms with Crippen molar-refractivity contribution in [1.29, 1.82) is 0 Å². The summed E-state index contributed by atoms with van der Waals surface area (Å²) in [6, 6.07) is 4.99. The third-order valence-electron chi connectivity index (χ3n) is 4.30. The zero-order chi connectivity index (χ0) is 21.2. The Morgan fingerprint density at radius 3 is 2.43 bits per heavy atom. The molecule has 0 unspecified atom stereocenters. The van der Waals surface area contributed by atoms with Crippen LogP contribution < -0.4 is 10.1 Å². The van der Waals surface area contributed by atoms with Crippen LogP contribution in [0.15, 0.2) is 18.2 Å². The lowest BCUT2D eigenvalue weighted by Gasteiger charge is -2.30. The van der Waals surface area contributed by atoms with E-state index in [1.165, 1.54) is 7.11 Å². The smallest absolute Gasteiger partial charge is 0.341 e. The molecule has 1 amide bonds. The van der Waals surface area contributed by atoms with Crippen molar-refractivity contribution in [3.63, 3.8) is 0 Å². The van der Waals surface area contributed by atoms with Crippen LogP contribution in [0, 0.1) is 5.92 Å². The number of nitrogens with one attached hydrogen (secondary N) is 1. The molecule has 0 spiro atoms. The molecule has 1 N–H and O–H groups in total. The van der Waals surface area contributed by atoms with E-state index in [-0.39, 0.29) is 11.5 Å². The average Bonchev–Trinajstić information content (AvgIpc) is 2.66. The fourth-order valence-electron chi connectivity index (χ4n) is 2.92. The van der Waals surface area contributed by atoms with Crippen molar-refractivity contribution in [2.24, 2.45) is 5.92 Å². The zero-order valence-electron chi connectivity index (χ0n) is 18.1. The zero-order valence-corrected chi connectivity index (χ0v) is 18.1. The van der Waals surface area contributed by atoms with E-state index in [9.17, 15) is 9.59 Å². The van der Waals surface area contributed by atoms with Gasteiger partial charge in [0.05, 0.1) is 13.7 Å². The predicted molar refractivity (Wildman–Crippen MR) is 111 cm³/mol. The molecule has 1 aromatic carbocycles. The molecule has 0 aliphatic heterocycles. The summed E-state index contributed by atoms with van der Waals surface area (Å²) in [7, 11) is 1.32. The van der Waals surface area contributed by atoms with Gasteiger partial charge in [-0.15, -0.1) is 0 Å². The van der Waals surface area contributed by atoms with Crippen molar-refractivity contribution in [1.82, 2.24) is 0 Å². The molecule has 0 aliphatic carbocycles. The van der Waals surface area contributed by atoms with Gasteiger partial charge in [0.25, 0.3) is 5.91 Å². The minimum atomic E-state index is -0.939. The number of ether oxygens (including phenoxy) is 3. The average molecular weight is 394 g/mol. The molecule has 0 radical (unpaired) electrons. The van der Waals surface area contributed by atoms with Crippen LogP contribution >= 0.6 is 0 Å². The molecular weight excluding hydrogens is 358 g/mol. The van der Waals surface area contributed by atoms with E-state index in [1.54, 1.807) is 25.1 Å². The Kier molecular flexibility index (Phi) is 10.0. The molecule has 0 saturated heterocycles. The van der Waals surface area contributed by atoms with E-state index in [2.05, 4.69) is 26.1 Å².